The first-order valence-corrected chi connectivity index (χ1v) is 6.99. The maximum absolute atomic E-state index is 13.1. The number of ether oxygens (including phenoxy) is 1. The van der Waals surface area contributed by atoms with Gasteiger partial charge in [-0.15, -0.1) is 11.6 Å². The highest BCUT2D eigenvalue weighted by Gasteiger charge is 2.16. The van der Waals surface area contributed by atoms with Gasteiger partial charge in [-0.2, -0.15) is 0 Å². The van der Waals surface area contributed by atoms with Gasteiger partial charge < -0.3 is 4.74 Å². The van der Waals surface area contributed by atoms with E-state index in [9.17, 15) is 4.39 Å². The van der Waals surface area contributed by atoms with Gasteiger partial charge in [0.1, 0.15) is 11.6 Å². The van der Waals surface area contributed by atoms with Gasteiger partial charge in [0.2, 0.25) is 0 Å². The molecular formula is C15H13BrClFO. The summed E-state index contributed by atoms with van der Waals surface area (Å²) >= 11 is 9.85. The topological polar surface area (TPSA) is 9.23 Å². The predicted octanol–water partition coefficient (Wildman–Crippen LogP) is 5.23. The number of benzene rings is 2. The molecule has 2 aromatic carbocycles. The number of methoxy groups -OCH3 is 1. The Balaban J connectivity index is 2.41. The molecule has 0 bridgehead atoms. The fraction of sp³-hybridized carbons (Fsp3) is 0.200. The van der Waals surface area contributed by atoms with Crippen molar-refractivity contribution in [2.75, 3.05) is 7.11 Å². The van der Waals surface area contributed by atoms with E-state index < -0.39 is 0 Å². The molecule has 2 rings (SSSR count). The molecule has 0 aliphatic carbocycles. The zero-order valence-electron chi connectivity index (χ0n) is 10.6. The van der Waals surface area contributed by atoms with E-state index in [1.54, 1.807) is 13.2 Å². The van der Waals surface area contributed by atoms with Crippen LogP contribution in [-0.4, -0.2) is 7.11 Å². The molecule has 1 nitrogen and oxygen atoms in total. The zero-order valence-corrected chi connectivity index (χ0v) is 12.9. The highest BCUT2D eigenvalue weighted by molar-refractivity contribution is 9.10. The van der Waals surface area contributed by atoms with E-state index in [1.807, 2.05) is 25.1 Å². The molecule has 0 saturated heterocycles. The SMILES string of the molecule is COc1ccc(C(Cl)c2ccc(F)cc2Br)c(C)c1. The molecule has 100 valence electrons. The minimum absolute atomic E-state index is 0.286. The van der Waals surface area contributed by atoms with Crippen molar-refractivity contribution in [3.8, 4) is 5.75 Å². The molecule has 2 aromatic rings. The predicted molar refractivity (Wildman–Crippen MR) is 79.5 cm³/mol. The maximum Gasteiger partial charge on any atom is 0.124 e. The van der Waals surface area contributed by atoms with Gasteiger partial charge >= 0.3 is 0 Å². The van der Waals surface area contributed by atoms with Crippen molar-refractivity contribution < 1.29 is 9.13 Å². The van der Waals surface area contributed by atoms with E-state index in [1.165, 1.54) is 12.1 Å². The van der Waals surface area contributed by atoms with Crippen LogP contribution in [0.3, 0.4) is 0 Å². The van der Waals surface area contributed by atoms with Gasteiger partial charge in [-0.25, -0.2) is 4.39 Å². The van der Waals surface area contributed by atoms with E-state index >= 15 is 0 Å². The fourth-order valence-corrected chi connectivity index (χ4v) is 3.08. The molecule has 19 heavy (non-hydrogen) atoms. The molecule has 0 aromatic heterocycles. The van der Waals surface area contributed by atoms with Crippen LogP contribution < -0.4 is 4.74 Å². The second kappa shape index (κ2) is 5.93. The summed E-state index contributed by atoms with van der Waals surface area (Å²) in [5.74, 6) is 0.509. The van der Waals surface area contributed by atoms with Crippen molar-refractivity contribution in [1.82, 2.24) is 0 Å². The number of rotatable bonds is 3. The molecule has 1 atom stereocenters. The lowest BCUT2D eigenvalue weighted by atomic mass is 10.00. The highest BCUT2D eigenvalue weighted by atomic mass is 79.9. The van der Waals surface area contributed by atoms with Crippen molar-refractivity contribution >= 4 is 27.5 Å². The summed E-state index contributed by atoms with van der Waals surface area (Å²) in [5, 5.41) is -0.333. The average molecular weight is 344 g/mol. The molecule has 0 spiro atoms. The second-order valence-corrected chi connectivity index (χ2v) is 5.54. The summed E-state index contributed by atoms with van der Waals surface area (Å²) in [7, 11) is 1.63. The number of alkyl halides is 1. The minimum atomic E-state index is -0.333. The number of hydrogen-bond acceptors (Lipinski definition) is 1. The molecule has 0 fully saturated rings. The van der Waals surface area contributed by atoms with E-state index in [-0.39, 0.29) is 11.2 Å². The normalized spacial score (nSPS) is 12.3. The van der Waals surface area contributed by atoms with Gasteiger partial charge in [0.25, 0.3) is 0 Å². The summed E-state index contributed by atoms with van der Waals surface area (Å²) in [6.45, 7) is 1.98. The quantitative estimate of drug-likeness (QED) is 0.693. The molecule has 0 aliphatic rings. The molecule has 0 saturated carbocycles. The lowest BCUT2D eigenvalue weighted by Gasteiger charge is -2.15. The van der Waals surface area contributed by atoms with Crippen LogP contribution in [-0.2, 0) is 0 Å². The Morgan fingerprint density at radius 3 is 2.42 bits per heavy atom. The molecule has 0 radical (unpaired) electrons. The Bertz CT molecular complexity index is 601. The summed E-state index contributed by atoms with van der Waals surface area (Å²) < 4.78 is 18.9. The Labute approximate surface area is 125 Å². The molecular weight excluding hydrogens is 331 g/mol. The van der Waals surface area contributed by atoms with Gasteiger partial charge in [0.05, 0.1) is 12.5 Å². The lowest BCUT2D eigenvalue weighted by molar-refractivity contribution is 0.414. The molecule has 0 amide bonds. The largest absolute Gasteiger partial charge is 0.497 e. The average Bonchev–Trinajstić information content (AvgIpc) is 2.37. The Morgan fingerprint density at radius 2 is 1.84 bits per heavy atom. The molecule has 1 unspecified atom stereocenters. The smallest absolute Gasteiger partial charge is 0.124 e. The summed E-state index contributed by atoms with van der Waals surface area (Å²) in [5.41, 5.74) is 2.86. The van der Waals surface area contributed by atoms with Gasteiger partial charge in [-0.1, -0.05) is 28.1 Å². The first-order valence-electron chi connectivity index (χ1n) is 5.76. The van der Waals surface area contributed by atoms with Crippen LogP contribution in [0.25, 0.3) is 0 Å². The number of hydrogen-bond donors (Lipinski definition) is 0. The van der Waals surface area contributed by atoms with Crippen LogP contribution in [0, 0.1) is 12.7 Å². The van der Waals surface area contributed by atoms with Crippen molar-refractivity contribution in [2.45, 2.75) is 12.3 Å². The van der Waals surface area contributed by atoms with E-state index in [2.05, 4.69) is 15.9 Å². The fourth-order valence-electron chi connectivity index (χ4n) is 1.93. The van der Waals surface area contributed by atoms with E-state index in [0.717, 1.165) is 22.4 Å². The molecule has 0 N–H and O–H groups in total. The van der Waals surface area contributed by atoms with Crippen LogP contribution in [0.1, 0.15) is 22.1 Å². The van der Waals surface area contributed by atoms with Crippen molar-refractivity contribution in [3.63, 3.8) is 0 Å². The van der Waals surface area contributed by atoms with Gasteiger partial charge in [-0.05, 0) is 47.9 Å². The number of halogens is 3. The van der Waals surface area contributed by atoms with Crippen LogP contribution in [0.5, 0.6) is 5.75 Å². The van der Waals surface area contributed by atoms with Gasteiger partial charge in [0.15, 0.2) is 0 Å². The summed E-state index contributed by atoms with van der Waals surface area (Å²) in [6.07, 6.45) is 0. The first-order chi connectivity index (χ1) is 9.02. The molecule has 4 heteroatoms. The number of aryl methyl sites for hydroxylation is 1. The van der Waals surface area contributed by atoms with Crippen LogP contribution in [0.4, 0.5) is 4.39 Å². The standard InChI is InChI=1S/C15H13BrClFO/c1-9-7-11(19-2)4-6-12(9)15(17)13-5-3-10(18)8-14(13)16/h3-8,15H,1-2H3. The van der Waals surface area contributed by atoms with Crippen LogP contribution >= 0.6 is 27.5 Å². The van der Waals surface area contributed by atoms with Gasteiger partial charge in [-0.3, -0.25) is 0 Å². The lowest BCUT2D eigenvalue weighted by Crippen LogP contribution is -1.98. The summed E-state index contributed by atoms with van der Waals surface area (Å²) in [6, 6.07) is 10.3. The Hall–Kier alpha value is -1.06. The summed E-state index contributed by atoms with van der Waals surface area (Å²) in [4.78, 5) is 0. The van der Waals surface area contributed by atoms with E-state index in [0.29, 0.717) is 4.47 Å². The second-order valence-electron chi connectivity index (χ2n) is 4.25. The molecule has 0 heterocycles. The van der Waals surface area contributed by atoms with Crippen molar-refractivity contribution in [3.05, 3.63) is 63.4 Å². The third-order valence-corrected chi connectivity index (χ3v) is 4.14. The monoisotopic (exact) mass is 342 g/mol. The minimum Gasteiger partial charge on any atom is -0.497 e. The third-order valence-electron chi connectivity index (χ3n) is 2.99. The molecule has 0 aliphatic heterocycles. The van der Waals surface area contributed by atoms with Crippen molar-refractivity contribution in [2.24, 2.45) is 0 Å². The van der Waals surface area contributed by atoms with Crippen LogP contribution in [0.2, 0.25) is 0 Å². The maximum atomic E-state index is 13.1. The highest BCUT2D eigenvalue weighted by Crippen LogP contribution is 2.36. The third kappa shape index (κ3) is 3.10. The van der Waals surface area contributed by atoms with Crippen LogP contribution in [0.15, 0.2) is 40.9 Å². The van der Waals surface area contributed by atoms with Crippen molar-refractivity contribution in [1.29, 1.82) is 0 Å². The first kappa shape index (κ1) is 14.4. The van der Waals surface area contributed by atoms with Gasteiger partial charge in [0, 0.05) is 4.47 Å². The Kier molecular flexibility index (Phi) is 4.48. The van der Waals surface area contributed by atoms with E-state index in [4.69, 9.17) is 16.3 Å². The zero-order chi connectivity index (χ0) is 14.0. The Morgan fingerprint density at radius 1 is 1.16 bits per heavy atom.